The Bertz CT molecular complexity index is 1020. The van der Waals surface area contributed by atoms with Crippen LogP contribution in [0.2, 0.25) is 0 Å². The SMILES string of the molecule is O=[N+]([O-])c1ccc(N/N=C/c2cc(I)c(OCc3ccc(F)cc3)c(I)c2)cc1. The van der Waals surface area contributed by atoms with Gasteiger partial charge in [0.25, 0.3) is 5.69 Å². The van der Waals surface area contributed by atoms with Crippen molar-refractivity contribution >= 4 is 62.8 Å². The molecule has 1 N–H and O–H groups in total. The second kappa shape index (κ2) is 9.96. The summed E-state index contributed by atoms with van der Waals surface area (Å²) in [6.07, 6.45) is 1.66. The van der Waals surface area contributed by atoms with Crippen molar-refractivity contribution in [3.8, 4) is 5.75 Å². The molecular weight excluding hydrogens is 603 g/mol. The quantitative estimate of drug-likeness (QED) is 0.154. The smallest absolute Gasteiger partial charge is 0.269 e. The number of hydrogen-bond acceptors (Lipinski definition) is 5. The molecule has 0 amide bonds. The fourth-order valence-electron chi connectivity index (χ4n) is 2.37. The van der Waals surface area contributed by atoms with Crippen molar-refractivity contribution < 1.29 is 14.1 Å². The molecule has 29 heavy (non-hydrogen) atoms. The number of nitrogens with one attached hydrogen (secondary N) is 1. The van der Waals surface area contributed by atoms with Crippen LogP contribution in [0.25, 0.3) is 0 Å². The number of hydrogen-bond donors (Lipinski definition) is 1. The van der Waals surface area contributed by atoms with Crippen LogP contribution < -0.4 is 10.2 Å². The van der Waals surface area contributed by atoms with Crippen molar-refractivity contribution in [2.24, 2.45) is 5.10 Å². The molecule has 0 fully saturated rings. The van der Waals surface area contributed by atoms with E-state index in [4.69, 9.17) is 4.74 Å². The summed E-state index contributed by atoms with van der Waals surface area (Å²) in [7, 11) is 0. The van der Waals surface area contributed by atoms with Gasteiger partial charge in [0.1, 0.15) is 18.2 Å². The Kier molecular flexibility index (Phi) is 7.36. The molecule has 0 radical (unpaired) electrons. The van der Waals surface area contributed by atoms with E-state index in [1.165, 1.54) is 24.3 Å². The highest BCUT2D eigenvalue weighted by atomic mass is 127. The molecule has 0 bridgehead atoms. The zero-order valence-electron chi connectivity index (χ0n) is 14.8. The summed E-state index contributed by atoms with van der Waals surface area (Å²) >= 11 is 4.39. The Balaban J connectivity index is 1.64. The Labute approximate surface area is 193 Å². The molecule has 0 aliphatic carbocycles. The van der Waals surface area contributed by atoms with Crippen LogP contribution >= 0.6 is 45.2 Å². The molecule has 0 aliphatic heterocycles. The molecule has 0 aromatic heterocycles. The number of benzene rings is 3. The zero-order valence-corrected chi connectivity index (χ0v) is 19.1. The molecule has 0 saturated heterocycles. The number of nitro benzene ring substituents is 1. The minimum atomic E-state index is -0.448. The van der Waals surface area contributed by atoms with Gasteiger partial charge in [-0.05, 0) is 92.7 Å². The van der Waals surface area contributed by atoms with Crippen molar-refractivity contribution in [3.63, 3.8) is 0 Å². The van der Waals surface area contributed by atoms with Crippen molar-refractivity contribution in [1.82, 2.24) is 0 Å². The summed E-state index contributed by atoms with van der Waals surface area (Å²) in [6, 6.07) is 16.1. The third-order valence-corrected chi connectivity index (χ3v) is 5.41. The van der Waals surface area contributed by atoms with E-state index in [1.807, 2.05) is 12.1 Å². The standard InChI is InChI=1S/C20H14FI2N3O3/c21-15-3-1-13(2-4-15)12-29-20-18(22)9-14(10-19(20)23)11-24-25-16-5-7-17(8-6-16)26(27)28/h1-11,25H,12H2/b24-11+. The minimum absolute atomic E-state index is 0.0277. The highest BCUT2D eigenvalue weighted by Crippen LogP contribution is 2.29. The lowest BCUT2D eigenvalue weighted by Crippen LogP contribution is -2.00. The first-order valence-electron chi connectivity index (χ1n) is 8.32. The van der Waals surface area contributed by atoms with Gasteiger partial charge in [-0.2, -0.15) is 5.10 Å². The van der Waals surface area contributed by atoms with Gasteiger partial charge in [0.15, 0.2) is 0 Å². The first-order valence-corrected chi connectivity index (χ1v) is 10.5. The Hall–Kier alpha value is -2.28. The van der Waals surface area contributed by atoms with Gasteiger partial charge in [-0.1, -0.05) is 12.1 Å². The third kappa shape index (κ3) is 6.10. The van der Waals surface area contributed by atoms with Crippen LogP contribution in [0.4, 0.5) is 15.8 Å². The monoisotopic (exact) mass is 617 g/mol. The third-order valence-electron chi connectivity index (χ3n) is 3.80. The lowest BCUT2D eigenvalue weighted by molar-refractivity contribution is -0.384. The van der Waals surface area contributed by atoms with Gasteiger partial charge in [-0.25, -0.2) is 4.39 Å². The Morgan fingerprint density at radius 1 is 1.07 bits per heavy atom. The van der Waals surface area contributed by atoms with E-state index < -0.39 is 4.92 Å². The lowest BCUT2D eigenvalue weighted by Gasteiger charge is -2.11. The van der Waals surface area contributed by atoms with Crippen LogP contribution in [0.3, 0.4) is 0 Å². The molecule has 0 saturated carbocycles. The van der Waals surface area contributed by atoms with Crippen molar-refractivity contribution in [3.05, 3.63) is 94.9 Å². The first-order chi connectivity index (χ1) is 13.9. The van der Waals surface area contributed by atoms with Crippen LogP contribution in [0.1, 0.15) is 11.1 Å². The van der Waals surface area contributed by atoms with Crippen LogP contribution in [0, 0.1) is 23.1 Å². The molecule has 6 nitrogen and oxygen atoms in total. The summed E-state index contributed by atoms with van der Waals surface area (Å²) in [6.45, 7) is 0.349. The number of nitro groups is 1. The molecule has 3 rings (SSSR count). The number of rotatable bonds is 7. The summed E-state index contributed by atoms with van der Waals surface area (Å²) in [4.78, 5) is 10.2. The predicted octanol–water partition coefficient (Wildman–Crippen LogP) is 5.97. The highest BCUT2D eigenvalue weighted by molar-refractivity contribution is 14.1. The number of hydrazone groups is 1. The molecule has 9 heteroatoms. The van der Waals surface area contributed by atoms with E-state index in [1.54, 1.807) is 30.5 Å². The van der Waals surface area contributed by atoms with Gasteiger partial charge in [0.05, 0.1) is 24.0 Å². The van der Waals surface area contributed by atoms with E-state index >= 15 is 0 Å². The average molecular weight is 617 g/mol. The zero-order chi connectivity index (χ0) is 20.8. The van der Waals surface area contributed by atoms with Gasteiger partial charge in [-0.3, -0.25) is 15.5 Å². The van der Waals surface area contributed by atoms with E-state index in [0.29, 0.717) is 12.3 Å². The van der Waals surface area contributed by atoms with Crippen molar-refractivity contribution in [2.75, 3.05) is 5.43 Å². The number of nitrogens with zero attached hydrogens (tertiary/aromatic N) is 2. The number of ether oxygens (including phenoxy) is 1. The second-order valence-corrected chi connectivity index (χ2v) is 8.23. The van der Waals surface area contributed by atoms with E-state index in [-0.39, 0.29) is 11.5 Å². The summed E-state index contributed by atoms with van der Waals surface area (Å²) in [5.41, 5.74) is 5.28. The van der Waals surface area contributed by atoms with Crippen LogP contribution in [0.5, 0.6) is 5.75 Å². The van der Waals surface area contributed by atoms with Gasteiger partial charge in [0.2, 0.25) is 0 Å². The molecule has 148 valence electrons. The maximum atomic E-state index is 13.0. The lowest BCUT2D eigenvalue weighted by atomic mass is 10.2. The van der Waals surface area contributed by atoms with E-state index in [2.05, 4.69) is 55.7 Å². The summed E-state index contributed by atoms with van der Waals surface area (Å²) in [5.74, 6) is 0.486. The number of halogens is 3. The molecule has 3 aromatic carbocycles. The maximum Gasteiger partial charge on any atom is 0.269 e. The van der Waals surface area contributed by atoms with Gasteiger partial charge >= 0.3 is 0 Å². The van der Waals surface area contributed by atoms with Crippen LogP contribution in [-0.2, 0) is 6.61 Å². The van der Waals surface area contributed by atoms with Gasteiger partial charge in [0, 0.05) is 12.1 Å². The highest BCUT2D eigenvalue weighted by Gasteiger charge is 2.09. The van der Waals surface area contributed by atoms with E-state index in [0.717, 1.165) is 24.0 Å². The topological polar surface area (TPSA) is 76.8 Å². The van der Waals surface area contributed by atoms with Crippen LogP contribution in [-0.4, -0.2) is 11.1 Å². The fourth-order valence-corrected chi connectivity index (χ4v) is 4.49. The fraction of sp³-hybridized carbons (Fsp3) is 0.0500. The van der Waals surface area contributed by atoms with Crippen molar-refractivity contribution in [2.45, 2.75) is 6.61 Å². The summed E-state index contributed by atoms with van der Waals surface area (Å²) in [5, 5.41) is 14.8. The molecule has 0 aliphatic rings. The van der Waals surface area contributed by atoms with Crippen LogP contribution in [0.15, 0.2) is 65.8 Å². The summed E-state index contributed by atoms with van der Waals surface area (Å²) < 4.78 is 20.7. The Morgan fingerprint density at radius 3 is 2.28 bits per heavy atom. The predicted molar refractivity (Wildman–Crippen MR) is 127 cm³/mol. The van der Waals surface area contributed by atoms with E-state index in [9.17, 15) is 14.5 Å². The molecule has 0 heterocycles. The van der Waals surface area contributed by atoms with Gasteiger partial charge < -0.3 is 4.74 Å². The molecular formula is C20H14FI2N3O3. The second-order valence-electron chi connectivity index (χ2n) is 5.90. The molecule has 3 aromatic rings. The van der Waals surface area contributed by atoms with Crippen molar-refractivity contribution in [1.29, 1.82) is 0 Å². The average Bonchev–Trinajstić information content (AvgIpc) is 2.69. The minimum Gasteiger partial charge on any atom is -0.487 e. The van der Waals surface area contributed by atoms with Gasteiger partial charge in [-0.15, -0.1) is 0 Å². The molecule has 0 spiro atoms. The molecule has 0 unspecified atom stereocenters. The normalized spacial score (nSPS) is 10.9. The first kappa shape index (κ1) is 21.4. The molecule has 0 atom stereocenters. The number of non-ortho nitro benzene ring substituents is 1. The maximum absolute atomic E-state index is 13.0. The number of anilines is 1. The Morgan fingerprint density at radius 2 is 1.69 bits per heavy atom. The largest absolute Gasteiger partial charge is 0.487 e.